The van der Waals surface area contributed by atoms with Crippen molar-refractivity contribution in [3.05, 3.63) is 212 Å². The van der Waals surface area contributed by atoms with E-state index in [9.17, 15) is 0 Å². The van der Waals surface area contributed by atoms with Crippen LogP contribution in [0.15, 0.2) is 212 Å². The van der Waals surface area contributed by atoms with Crippen LogP contribution in [-0.2, 0) is 0 Å². The first-order chi connectivity index (χ1) is 31.8. The zero-order valence-corrected chi connectivity index (χ0v) is 34.7. The molecule has 11 aromatic rings. The predicted octanol–water partition coefficient (Wildman–Crippen LogP) is 10.9. The van der Waals surface area contributed by atoms with Crippen molar-refractivity contribution < 1.29 is 4.74 Å². The number of hydrogen-bond acceptors (Lipinski definition) is 1. The van der Waals surface area contributed by atoms with E-state index in [1.165, 1.54) is 127 Å². The second-order valence-electron chi connectivity index (χ2n) is 17.7. The van der Waals surface area contributed by atoms with Crippen LogP contribution in [0.25, 0.3) is 94.3 Å². The van der Waals surface area contributed by atoms with Gasteiger partial charge in [0.15, 0.2) is 0 Å². The number of aromatic nitrogens is 1. The lowest BCUT2D eigenvalue weighted by atomic mass is 9.30. The summed E-state index contributed by atoms with van der Waals surface area (Å²) in [6, 6.07) is 79.4. The van der Waals surface area contributed by atoms with Gasteiger partial charge in [0.2, 0.25) is 0 Å². The molecule has 0 aliphatic carbocycles. The number of ether oxygens (including phenoxy) is 1. The normalized spacial score (nSPS) is 13.1. The van der Waals surface area contributed by atoms with Gasteiger partial charge >= 0.3 is 0 Å². The molecule has 0 atom stereocenters. The van der Waals surface area contributed by atoms with Crippen LogP contribution in [-0.4, -0.2) is 18.0 Å². The molecule has 0 saturated heterocycles. The van der Waals surface area contributed by atoms with E-state index in [0.29, 0.717) is 0 Å². The molecule has 2 nitrogen and oxygen atoms in total. The number of fused-ring (bicyclic) bond motifs is 22. The largest absolute Gasteiger partial charge is 0.459 e. The fourth-order valence-corrected chi connectivity index (χ4v) is 12.3. The van der Waals surface area contributed by atoms with Gasteiger partial charge in [-0.15, -0.1) is 0 Å². The van der Waals surface area contributed by atoms with Crippen molar-refractivity contribution >= 4 is 68.0 Å². The van der Waals surface area contributed by atoms with Gasteiger partial charge in [-0.05, 0) is 107 Å². The molecule has 0 bridgehead atoms. The van der Waals surface area contributed by atoms with Gasteiger partial charge in [0.25, 0.3) is 13.4 Å². The van der Waals surface area contributed by atoms with Gasteiger partial charge in [-0.2, -0.15) is 0 Å². The van der Waals surface area contributed by atoms with Crippen LogP contribution in [0.2, 0.25) is 0 Å². The molecule has 0 radical (unpaired) electrons. The van der Waals surface area contributed by atoms with E-state index >= 15 is 0 Å². The molecule has 4 aliphatic heterocycles. The second-order valence-corrected chi connectivity index (χ2v) is 17.7. The number of rotatable bonds is 0. The van der Waals surface area contributed by atoms with Crippen molar-refractivity contribution in [2.24, 2.45) is 0 Å². The molecule has 292 valence electrons. The molecule has 4 heteroatoms. The van der Waals surface area contributed by atoms with E-state index in [0.717, 1.165) is 11.5 Å². The summed E-state index contributed by atoms with van der Waals surface area (Å²) in [5.41, 5.74) is 26.0. The van der Waals surface area contributed by atoms with Crippen LogP contribution in [0.5, 0.6) is 11.5 Å². The van der Waals surface area contributed by atoms with Gasteiger partial charge < -0.3 is 9.30 Å². The predicted molar refractivity (Wildman–Crippen MR) is 269 cm³/mol. The van der Waals surface area contributed by atoms with Gasteiger partial charge in [0.1, 0.15) is 11.5 Å². The monoisotopic (exact) mass is 807 g/mol. The summed E-state index contributed by atoms with van der Waals surface area (Å²) in [7, 11) is 0. The van der Waals surface area contributed by atoms with Crippen LogP contribution in [0, 0.1) is 0 Å². The zero-order chi connectivity index (χ0) is 41.6. The summed E-state index contributed by atoms with van der Waals surface area (Å²) in [6.07, 6.45) is 0. The van der Waals surface area contributed by atoms with Crippen LogP contribution < -0.4 is 37.5 Å². The fraction of sp³-hybridized carbons (Fsp3) is 0. The highest BCUT2D eigenvalue weighted by atomic mass is 16.5. The molecular formula is C60H35B2NO. The number of nitrogens with zero attached hydrogens (tertiary/aromatic N) is 1. The average Bonchev–Trinajstić information content (AvgIpc) is 3.72. The molecular weight excluding hydrogens is 772 g/mol. The third-order valence-electron chi connectivity index (χ3n) is 14.7. The number of para-hydroxylation sites is 1. The zero-order valence-electron chi connectivity index (χ0n) is 34.7. The van der Waals surface area contributed by atoms with E-state index in [2.05, 4.69) is 217 Å². The van der Waals surface area contributed by atoms with E-state index in [1.807, 2.05) is 0 Å². The van der Waals surface area contributed by atoms with Crippen molar-refractivity contribution in [2.45, 2.75) is 0 Å². The van der Waals surface area contributed by atoms with Crippen molar-refractivity contribution in [1.82, 2.24) is 4.57 Å². The SMILES string of the molecule is c1ccc2c(c1)B1c3cc4c5ccccc5n5c4c(c3Oc3cccc(c31)-c1ccccc1-c1ccccc1-2)B1c2ccccc2-c2ccccc2-c2ccccc2-c2cccc-5c21. The number of benzene rings is 10. The van der Waals surface area contributed by atoms with Crippen LogP contribution in [0.3, 0.4) is 0 Å². The summed E-state index contributed by atoms with van der Waals surface area (Å²) < 4.78 is 10.3. The lowest BCUT2D eigenvalue weighted by Gasteiger charge is -2.36. The first-order valence-electron chi connectivity index (χ1n) is 22.4. The van der Waals surface area contributed by atoms with Crippen molar-refractivity contribution in [3.8, 4) is 83.9 Å². The van der Waals surface area contributed by atoms with E-state index in [-0.39, 0.29) is 13.4 Å². The highest BCUT2D eigenvalue weighted by Gasteiger charge is 2.45. The van der Waals surface area contributed by atoms with Crippen molar-refractivity contribution in [3.63, 3.8) is 0 Å². The molecule has 0 fully saturated rings. The van der Waals surface area contributed by atoms with E-state index in [4.69, 9.17) is 4.74 Å². The Bertz CT molecular complexity index is 3860. The van der Waals surface area contributed by atoms with Gasteiger partial charge in [0, 0.05) is 16.5 Å². The number of hydrogen-bond donors (Lipinski definition) is 0. The molecule has 5 heterocycles. The molecule has 0 saturated carbocycles. The highest BCUT2D eigenvalue weighted by molar-refractivity contribution is 7.03. The molecule has 0 N–H and O–H groups in total. The Kier molecular flexibility index (Phi) is 6.88. The maximum Gasteiger partial charge on any atom is 0.253 e. The molecule has 0 unspecified atom stereocenters. The highest BCUT2D eigenvalue weighted by Crippen LogP contribution is 2.45. The topological polar surface area (TPSA) is 14.2 Å². The van der Waals surface area contributed by atoms with Crippen LogP contribution in [0.1, 0.15) is 0 Å². The van der Waals surface area contributed by atoms with Crippen LogP contribution >= 0.6 is 0 Å². The fourth-order valence-electron chi connectivity index (χ4n) is 12.3. The van der Waals surface area contributed by atoms with Crippen molar-refractivity contribution in [1.29, 1.82) is 0 Å². The van der Waals surface area contributed by atoms with Crippen LogP contribution in [0.4, 0.5) is 0 Å². The third-order valence-corrected chi connectivity index (χ3v) is 14.7. The quantitative estimate of drug-likeness (QED) is 0.139. The molecule has 15 rings (SSSR count). The van der Waals surface area contributed by atoms with E-state index in [1.54, 1.807) is 0 Å². The first-order valence-corrected chi connectivity index (χ1v) is 22.4. The summed E-state index contributed by atoms with van der Waals surface area (Å²) in [5, 5.41) is 2.50. The maximum absolute atomic E-state index is 7.74. The Balaban J connectivity index is 1.15. The smallest absolute Gasteiger partial charge is 0.253 e. The summed E-state index contributed by atoms with van der Waals surface area (Å²) in [5.74, 6) is 1.87. The van der Waals surface area contributed by atoms with Gasteiger partial charge in [-0.25, -0.2) is 0 Å². The molecule has 4 aliphatic rings. The van der Waals surface area contributed by atoms with Gasteiger partial charge in [-0.3, -0.25) is 0 Å². The maximum atomic E-state index is 7.74. The second kappa shape index (κ2) is 12.8. The molecule has 10 aromatic carbocycles. The summed E-state index contributed by atoms with van der Waals surface area (Å²) >= 11 is 0. The van der Waals surface area contributed by atoms with Gasteiger partial charge in [0.05, 0.1) is 11.0 Å². The lowest BCUT2D eigenvalue weighted by molar-refractivity contribution is 0.492. The lowest BCUT2D eigenvalue weighted by Crippen LogP contribution is -2.62. The molecule has 1 aromatic heterocycles. The van der Waals surface area contributed by atoms with E-state index < -0.39 is 0 Å². The minimum atomic E-state index is -0.159. The Labute approximate surface area is 371 Å². The van der Waals surface area contributed by atoms with Crippen molar-refractivity contribution in [2.75, 3.05) is 0 Å². The Hall–Kier alpha value is -8.07. The Morgan fingerprint density at radius 1 is 0.312 bits per heavy atom. The molecule has 64 heavy (non-hydrogen) atoms. The summed E-state index contributed by atoms with van der Waals surface area (Å²) in [4.78, 5) is 0. The molecule has 0 amide bonds. The summed E-state index contributed by atoms with van der Waals surface area (Å²) in [6.45, 7) is -0.286. The average molecular weight is 808 g/mol. The minimum Gasteiger partial charge on any atom is -0.459 e. The standard InChI is InChI=1S/C60H35B2NO/c1-5-21-40-37(18-1)39-20-4-8-24-43(39)48-29-16-34-55-57(48)61(50-30-12-9-25-44(40)50)52-35-49-46-27-11-14-32-53(46)63-54-33-15-28-47-42-23-7-3-19-38(42)36-17-2-6-22-41(36)45-26-10-13-31-51(45)62(56(47)54)58(59(49)63)60(52)64-55/h1-35H. The molecule has 0 spiro atoms. The van der Waals surface area contributed by atoms with Gasteiger partial charge in [-0.1, -0.05) is 205 Å². The Morgan fingerprint density at radius 3 is 1.34 bits per heavy atom. The minimum absolute atomic E-state index is 0.127. The third kappa shape index (κ3) is 4.42. The first kappa shape index (κ1) is 34.5. The Morgan fingerprint density at radius 2 is 0.750 bits per heavy atom.